The Kier molecular flexibility index (Phi) is 5.67. The molecule has 0 saturated carbocycles. The number of rotatable bonds is 6. The van der Waals surface area contributed by atoms with Gasteiger partial charge in [-0.05, 0) is 32.9 Å². The van der Waals surface area contributed by atoms with Crippen LogP contribution in [0.15, 0.2) is 18.2 Å². The van der Waals surface area contributed by atoms with E-state index in [1.807, 2.05) is 39.0 Å². The van der Waals surface area contributed by atoms with Crippen molar-refractivity contribution >= 4 is 11.7 Å². The molecule has 1 aromatic carbocycles. The normalized spacial score (nSPS) is 10.8. The maximum Gasteiger partial charge on any atom is 0.308 e. The van der Waals surface area contributed by atoms with Gasteiger partial charge in [0.15, 0.2) is 11.5 Å². The Morgan fingerprint density at radius 2 is 1.80 bits per heavy atom. The third-order valence-electron chi connectivity index (χ3n) is 2.46. The maximum absolute atomic E-state index is 11.6. The number of nitrogens with one attached hydrogen (secondary N) is 1. The molecule has 5 heteroatoms. The van der Waals surface area contributed by atoms with Crippen molar-refractivity contribution in [1.29, 1.82) is 0 Å². The van der Waals surface area contributed by atoms with Crippen LogP contribution in [-0.2, 0) is 9.53 Å². The van der Waals surface area contributed by atoms with E-state index in [0.29, 0.717) is 24.5 Å². The number of esters is 1. The number of ether oxygens (including phenoxy) is 3. The van der Waals surface area contributed by atoms with Crippen molar-refractivity contribution in [3.8, 4) is 11.5 Å². The highest BCUT2D eigenvalue weighted by atomic mass is 16.6. The Balaban J connectivity index is 2.48. The van der Waals surface area contributed by atoms with Crippen LogP contribution in [0.1, 0.15) is 27.2 Å². The van der Waals surface area contributed by atoms with E-state index >= 15 is 0 Å². The Labute approximate surface area is 120 Å². The molecule has 0 aliphatic heterocycles. The molecule has 0 bridgehead atoms. The minimum atomic E-state index is -0.444. The van der Waals surface area contributed by atoms with E-state index in [9.17, 15) is 4.79 Å². The quantitative estimate of drug-likeness (QED) is 0.813. The van der Waals surface area contributed by atoms with Crippen LogP contribution >= 0.6 is 0 Å². The van der Waals surface area contributed by atoms with Gasteiger partial charge in [0.2, 0.25) is 0 Å². The van der Waals surface area contributed by atoms with Crippen LogP contribution in [0.25, 0.3) is 0 Å². The largest absolute Gasteiger partial charge is 0.493 e. The summed E-state index contributed by atoms with van der Waals surface area (Å²) in [5, 5.41) is 3.15. The van der Waals surface area contributed by atoms with E-state index in [1.165, 1.54) is 0 Å². The first-order valence-electron chi connectivity index (χ1n) is 6.53. The molecule has 1 N–H and O–H groups in total. The van der Waals surface area contributed by atoms with E-state index in [1.54, 1.807) is 14.2 Å². The number of benzene rings is 1. The minimum absolute atomic E-state index is 0.217. The number of anilines is 1. The lowest BCUT2D eigenvalue weighted by Crippen LogP contribution is -2.25. The smallest absolute Gasteiger partial charge is 0.308 e. The fourth-order valence-corrected chi connectivity index (χ4v) is 1.65. The standard InChI is InChI=1S/C15H23NO4/c1-15(2,3)20-14(17)8-9-16-11-6-7-12(18-4)13(10-11)19-5/h6-7,10,16H,8-9H2,1-5H3. The Morgan fingerprint density at radius 3 is 2.35 bits per heavy atom. The summed E-state index contributed by atoms with van der Waals surface area (Å²) in [5.41, 5.74) is 0.423. The SMILES string of the molecule is COc1ccc(NCCC(=O)OC(C)(C)C)cc1OC. The van der Waals surface area contributed by atoms with Gasteiger partial charge >= 0.3 is 5.97 Å². The number of carbonyl (C=O) groups is 1. The Hall–Kier alpha value is -1.91. The van der Waals surface area contributed by atoms with E-state index in [2.05, 4.69) is 5.32 Å². The first kappa shape index (κ1) is 16.1. The van der Waals surface area contributed by atoms with Crippen molar-refractivity contribution in [3.05, 3.63) is 18.2 Å². The van der Waals surface area contributed by atoms with E-state index < -0.39 is 5.60 Å². The van der Waals surface area contributed by atoms with Crippen molar-refractivity contribution in [3.63, 3.8) is 0 Å². The predicted molar refractivity (Wildman–Crippen MR) is 78.5 cm³/mol. The molecule has 0 aliphatic carbocycles. The van der Waals surface area contributed by atoms with E-state index in [0.717, 1.165) is 5.69 Å². The maximum atomic E-state index is 11.6. The molecule has 0 aromatic heterocycles. The van der Waals surface area contributed by atoms with Crippen molar-refractivity contribution in [2.24, 2.45) is 0 Å². The van der Waals surface area contributed by atoms with E-state index in [-0.39, 0.29) is 5.97 Å². The van der Waals surface area contributed by atoms with Crippen molar-refractivity contribution < 1.29 is 19.0 Å². The van der Waals surface area contributed by atoms with Gasteiger partial charge in [0.1, 0.15) is 5.60 Å². The molecule has 1 rings (SSSR count). The lowest BCUT2D eigenvalue weighted by atomic mass is 10.2. The van der Waals surface area contributed by atoms with Gasteiger partial charge < -0.3 is 19.5 Å². The highest BCUT2D eigenvalue weighted by Gasteiger charge is 2.15. The van der Waals surface area contributed by atoms with Crippen molar-refractivity contribution in [1.82, 2.24) is 0 Å². The number of methoxy groups -OCH3 is 2. The highest BCUT2D eigenvalue weighted by molar-refractivity contribution is 5.70. The Morgan fingerprint density at radius 1 is 1.15 bits per heavy atom. The summed E-state index contributed by atoms with van der Waals surface area (Å²) in [5.74, 6) is 1.10. The molecule has 0 heterocycles. The third kappa shape index (κ3) is 5.38. The average Bonchev–Trinajstić information content (AvgIpc) is 2.36. The van der Waals surface area contributed by atoms with Gasteiger partial charge in [0.05, 0.1) is 20.6 Å². The summed E-state index contributed by atoms with van der Waals surface area (Å²) in [7, 11) is 3.18. The molecule has 0 saturated heterocycles. The molecule has 5 nitrogen and oxygen atoms in total. The number of carbonyl (C=O) groups excluding carboxylic acids is 1. The van der Waals surface area contributed by atoms with Crippen LogP contribution < -0.4 is 14.8 Å². The second-order valence-electron chi connectivity index (χ2n) is 5.33. The van der Waals surface area contributed by atoms with Gasteiger partial charge in [-0.25, -0.2) is 0 Å². The minimum Gasteiger partial charge on any atom is -0.493 e. The second kappa shape index (κ2) is 7.03. The molecule has 112 valence electrons. The summed E-state index contributed by atoms with van der Waals surface area (Å²) >= 11 is 0. The van der Waals surface area contributed by atoms with Gasteiger partial charge in [-0.3, -0.25) is 4.79 Å². The number of hydrogen-bond donors (Lipinski definition) is 1. The third-order valence-corrected chi connectivity index (χ3v) is 2.46. The fraction of sp³-hybridized carbons (Fsp3) is 0.533. The summed E-state index contributed by atoms with van der Waals surface area (Å²) in [6, 6.07) is 5.51. The highest BCUT2D eigenvalue weighted by Crippen LogP contribution is 2.29. The van der Waals surface area contributed by atoms with Crippen molar-refractivity contribution in [2.45, 2.75) is 32.8 Å². The molecular formula is C15H23NO4. The molecule has 0 amide bonds. The Bertz CT molecular complexity index is 452. The van der Waals surface area contributed by atoms with Gasteiger partial charge in [-0.15, -0.1) is 0 Å². The summed E-state index contributed by atoms with van der Waals surface area (Å²) in [6.07, 6.45) is 0.311. The molecule has 0 radical (unpaired) electrons. The number of hydrogen-bond acceptors (Lipinski definition) is 5. The molecule has 0 aliphatic rings. The zero-order chi connectivity index (χ0) is 15.2. The van der Waals surface area contributed by atoms with Gasteiger partial charge in [0.25, 0.3) is 0 Å². The first-order valence-corrected chi connectivity index (χ1v) is 6.53. The monoisotopic (exact) mass is 281 g/mol. The molecule has 1 aromatic rings. The summed E-state index contributed by atoms with van der Waals surface area (Å²) in [4.78, 5) is 11.6. The summed E-state index contributed by atoms with van der Waals surface area (Å²) in [6.45, 7) is 6.07. The predicted octanol–water partition coefficient (Wildman–Crippen LogP) is 2.85. The topological polar surface area (TPSA) is 56.8 Å². The first-order chi connectivity index (χ1) is 9.35. The van der Waals surface area contributed by atoms with Crippen LogP contribution in [0.3, 0.4) is 0 Å². The molecule has 0 spiro atoms. The lowest BCUT2D eigenvalue weighted by molar-refractivity contribution is -0.154. The molecule has 20 heavy (non-hydrogen) atoms. The van der Waals surface area contributed by atoms with Gasteiger partial charge in [-0.1, -0.05) is 0 Å². The van der Waals surface area contributed by atoms with E-state index in [4.69, 9.17) is 14.2 Å². The lowest BCUT2D eigenvalue weighted by Gasteiger charge is -2.19. The zero-order valence-corrected chi connectivity index (χ0v) is 12.8. The van der Waals surface area contributed by atoms with Crippen LogP contribution in [-0.4, -0.2) is 32.3 Å². The zero-order valence-electron chi connectivity index (χ0n) is 12.8. The molecular weight excluding hydrogens is 258 g/mol. The average molecular weight is 281 g/mol. The van der Waals surface area contributed by atoms with Crippen LogP contribution in [0.4, 0.5) is 5.69 Å². The molecule has 0 atom stereocenters. The van der Waals surface area contributed by atoms with Crippen LogP contribution in [0.5, 0.6) is 11.5 Å². The molecule has 0 fully saturated rings. The summed E-state index contributed by atoms with van der Waals surface area (Å²) < 4.78 is 15.6. The van der Waals surface area contributed by atoms with Gasteiger partial charge in [-0.2, -0.15) is 0 Å². The van der Waals surface area contributed by atoms with Crippen LogP contribution in [0, 0.1) is 0 Å². The van der Waals surface area contributed by atoms with Crippen molar-refractivity contribution in [2.75, 3.05) is 26.1 Å². The molecule has 0 unspecified atom stereocenters. The van der Waals surface area contributed by atoms with Gasteiger partial charge in [0, 0.05) is 18.3 Å². The fourth-order valence-electron chi connectivity index (χ4n) is 1.65. The van der Waals surface area contributed by atoms with Crippen LogP contribution in [0.2, 0.25) is 0 Å². The second-order valence-corrected chi connectivity index (χ2v) is 5.33.